The number of aromatic nitrogens is 3. The van der Waals surface area contributed by atoms with Crippen LogP contribution in [-0.4, -0.2) is 14.5 Å². The molecule has 0 amide bonds. The second-order valence-electron chi connectivity index (χ2n) is 4.05. The SMILES string of the molecule is Nc1nc2cc(F)c(Br)cc2n1CCc1nccs1. The van der Waals surface area contributed by atoms with Crippen molar-refractivity contribution in [3.05, 3.63) is 39.0 Å². The van der Waals surface area contributed by atoms with Gasteiger partial charge in [-0.1, -0.05) is 0 Å². The number of fused-ring (bicyclic) bond motifs is 1. The third-order valence-electron chi connectivity index (χ3n) is 2.85. The van der Waals surface area contributed by atoms with Crippen molar-refractivity contribution < 1.29 is 4.39 Å². The van der Waals surface area contributed by atoms with E-state index >= 15 is 0 Å². The van der Waals surface area contributed by atoms with E-state index in [-0.39, 0.29) is 5.82 Å². The van der Waals surface area contributed by atoms with Gasteiger partial charge in [0, 0.05) is 30.6 Å². The fraction of sp³-hybridized carbons (Fsp3) is 0.167. The fourth-order valence-corrected chi connectivity index (χ4v) is 2.90. The van der Waals surface area contributed by atoms with Crippen molar-refractivity contribution in [2.24, 2.45) is 0 Å². The molecule has 0 fully saturated rings. The topological polar surface area (TPSA) is 56.7 Å². The molecule has 0 aliphatic heterocycles. The van der Waals surface area contributed by atoms with Gasteiger partial charge in [-0.3, -0.25) is 0 Å². The monoisotopic (exact) mass is 340 g/mol. The molecule has 3 aromatic rings. The van der Waals surface area contributed by atoms with Crippen molar-refractivity contribution >= 4 is 44.2 Å². The number of thiazole rings is 1. The highest BCUT2D eigenvalue weighted by Gasteiger charge is 2.11. The van der Waals surface area contributed by atoms with Gasteiger partial charge in [0.25, 0.3) is 0 Å². The molecule has 0 unspecified atom stereocenters. The van der Waals surface area contributed by atoms with Gasteiger partial charge < -0.3 is 10.3 Å². The van der Waals surface area contributed by atoms with Crippen molar-refractivity contribution in [2.45, 2.75) is 13.0 Å². The number of benzene rings is 1. The van der Waals surface area contributed by atoms with Crippen LogP contribution in [0, 0.1) is 5.82 Å². The first kappa shape index (κ1) is 12.6. The number of rotatable bonds is 3. The van der Waals surface area contributed by atoms with Gasteiger partial charge in [-0.05, 0) is 22.0 Å². The average Bonchev–Trinajstić information content (AvgIpc) is 2.96. The molecule has 0 atom stereocenters. The van der Waals surface area contributed by atoms with Gasteiger partial charge in [-0.15, -0.1) is 11.3 Å². The van der Waals surface area contributed by atoms with Gasteiger partial charge in [-0.2, -0.15) is 0 Å². The van der Waals surface area contributed by atoms with E-state index in [1.54, 1.807) is 23.6 Å². The molecule has 0 aliphatic rings. The van der Waals surface area contributed by atoms with Crippen LogP contribution in [0.5, 0.6) is 0 Å². The molecule has 4 nitrogen and oxygen atoms in total. The predicted molar refractivity (Wildman–Crippen MR) is 77.6 cm³/mol. The first-order chi connectivity index (χ1) is 9.15. The zero-order valence-electron chi connectivity index (χ0n) is 9.81. The largest absolute Gasteiger partial charge is 0.369 e. The van der Waals surface area contributed by atoms with E-state index in [2.05, 4.69) is 25.9 Å². The van der Waals surface area contributed by atoms with Gasteiger partial charge >= 0.3 is 0 Å². The summed E-state index contributed by atoms with van der Waals surface area (Å²) in [6.07, 6.45) is 2.56. The Morgan fingerprint density at radius 2 is 2.26 bits per heavy atom. The summed E-state index contributed by atoms with van der Waals surface area (Å²) in [6, 6.07) is 3.09. The summed E-state index contributed by atoms with van der Waals surface area (Å²) in [5.41, 5.74) is 7.28. The first-order valence-electron chi connectivity index (χ1n) is 5.64. The van der Waals surface area contributed by atoms with E-state index in [0.29, 0.717) is 22.5 Å². The van der Waals surface area contributed by atoms with E-state index in [0.717, 1.165) is 16.9 Å². The van der Waals surface area contributed by atoms with Gasteiger partial charge in [-0.25, -0.2) is 14.4 Å². The van der Waals surface area contributed by atoms with Crippen LogP contribution in [0.15, 0.2) is 28.2 Å². The smallest absolute Gasteiger partial charge is 0.201 e. The molecule has 19 heavy (non-hydrogen) atoms. The lowest BCUT2D eigenvalue weighted by molar-refractivity contribution is 0.622. The van der Waals surface area contributed by atoms with Crippen molar-refractivity contribution in [1.29, 1.82) is 0 Å². The molecule has 2 heterocycles. The van der Waals surface area contributed by atoms with Crippen LogP contribution in [-0.2, 0) is 13.0 Å². The molecule has 2 aromatic heterocycles. The highest BCUT2D eigenvalue weighted by molar-refractivity contribution is 9.10. The van der Waals surface area contributed by atoms with Crippen LogP contribution in [0.1, 0.15) is 5.01 Å². The first-order valence-corrected chi connectivity index (χ1v) is 7.31. The van der Waals surface area contributed by atoms with Crippen molar-refractivity contribution in [2.75, 3.05) is 5.73 Å². The third-order valence-corrected chi connectivity index (χ3v) is 4.30. The summed E-state index contributed by atoms with van der Waals surface area (Å²) >= 11 is 4.79. The molecule has 1 aromatic carbocycles. The summed E-state index contributed by atoms with van der Waals surface area (Å²) in [7, 11) is 0. The number of imidazole rings is 1. The van der Waals surface area contributed by atoms with Crippen LogP contribution >= 0.6 is 27.3 Å². The van der Waals surface area contributed by atoms with Crippen LogP contribution in [0.25, 0.3) is 11.0 Å². The fourth-order valence-electron chi connectivity index (χ4n) is 1.96. The number of nitrogen functional groups attached to an aromatic ring is 1. The molecule has 2 N–H and O–H groups in total. The number of halogens is 2. The molecular weight excluding hydrogens is 331 g/mol. The van der Waals surface area contributed by atoms with Gasteiger partial charge in [0.1, 0.15) is 5.82 Å². The van der Waals surface area contributed by atoms with Crippen LogP contribution in [0.2, 0.25) is 0 Å². The zero-order valence-corrected chi connectivity index (χ0v) is 12.2. The Bertz CT molecular complexity index is 723. The number of hydrogen-bond acceptors (Lipinski definition) is 4. The molecule has 3 rings (SSSR count). The van der Waals surface area contributed by atoms with Crippen LogP contribution in [0.3, 0.4) is 0 Å². The predicted octanol–water partition coefficient (Wildman–Crippen LogP) is 3.22. The van der Waals surface area contributed by atoms with Gasteiger partial charge in [0.15, 0.2) is 0 Å². The normalized spacial score (nSPS) is 11.3. The van der Waals surface area contributed by atoms with E-state index in [9.17, 15) is 4.39 Å². The second kappa shape index (κ2) is 4.90. The highest BCUT2D eigenvalue weighted by atomic mass is 79.9. The number of nitrogens with two attached hydrogens (primary N) is 1. The molecule has 0 bridgehead atoms. The Labute approximate surface area is 121 Å². The maximum Gasteiger partial charge on any atom is 0.201 e. The zero-order chi connectivity index (χ0) is 13.4. The number of hydrogen-bond donors (Lipinski definition) is 1. The van der Waals surface area contributed by atoms with Crippen molar-refractivity contribution in [1.82, 2.24) is 14.5 Å². The van der Waals surface area contributed by atoms with E-state index in [1.807, 2.05) is 9.95 Å². The lowest BCUT2D eigenvalue weighted by Gasteiger charge is -2.05. The lowest BCUT2D eigenvalue weighted by Crippen LogP contribution is -2.05. The summed E-state index contributed by atoms with van der Waals surface area (Å²) in [4.78, 5) is 8.41. The Hall–Kier alpha value is -1.47. The molecule has 0 saturated carbocycles. The number of aryl methyl sites for hydroxylation is 2. The van der Waals surface area contributed by atoms with E-state index in [4.69, 9.17) is 5.73 Å². The molecule has 0 spiro atoms. The maximum atomic E-state index is 13.5. The van der Waals surface area contributed by atoms with Gasteiger partial charge in [0.05, 0.1) is 20.5 Å². The Balaban J connectivity index is 1.98. The number of anilines is 1. The standard InChI is InChI=1S/C12H10BrFN4S/c13-7-5-10-9(6-8(7)14)17-12(15)18(10)3-1-11-16-2-4-19-11/h2,4-6H,1,3H2,(H2,15,17). The maximum absolute atomic E-state index is 13.5. The van der Waals surface area contributed by atoms with Crippen LogP contribution in [0.4, 0.5) is 10.3 Å². The molecule has 0 saturated heterocycles. The average molecular weight is 341 g/mol. The van der Waals surface area contributed by atoms with E-state index < -0.39 is 0 Å². The summed E-state index contributed by atoms with van der Waals surface area (Å²) in [5.74, 6) is 0.0566. The quantitative estimate of drug-likeness (QED) is 0.796. The Kier molecular flexibility index (Phi) is 3.24. The minimum Gasteiger partial charge on any atom is -0.369 e. The minimum absolute atomic E-state index is 0.336. The summed E-state index contributed by atoms with van der Waals surface area (Å²) in [5, 5.41) is 2.99. The molecular formula is C12H10BrFN4S. The molecule has 98 valence electrons. The van der Waals surface area contributed by atoms with Crippen molar-refractivity contribution in [3.63, 3.8) is 0 Å². The molecule has 7 heteroatoms. The van der Waals surface area contributed by atoms with E-state index in [1.165, 1.54) is 6.07 Å². The highest BCUT2D eigenvalue weighted by Crippen LogP contribution is 2.25. The van der Waals surface area contributed by atoms with Gasteiger partial charge in [0.2, 0.25) is 5.95 Å². The third kappa shape index (κ3) is 2.35. The number of nitrogens with zero attached hydrogens (tertiary/aromatic N) is 3. The molecule has 0 radical (unpaired) electrons. The second-order valence-corrected chi connectivity index (χ2v) is 5.89. The Morgan fingerprint density at radius 3 is 3.00 bits per heavy atom. The summed E-state index contributed by atoms with van der Waals surface area (Å²) < 4.78 is 15.7. The lowest BCUT2D eigenvalue weighted by atomic mass is 10.3. The van der Waals surface area contributed by atoms with Crippen LogP contribution < -0.4 is 5.73 Å². The summed E-state index contributed by atoms with van der Waals surface area (Å²) in [6.45, 7) is 0.675. The van der Waals surface area contributed by atoms with Crippen molar-refractivity contribution in [3.8, 4) is 0 Å². The minimum atomic E-state index is -0.336. The Morgan fingerprint density at radius 1 is 1.42 bits per heavy atom. The molecule has 0 aliphatic carbocycles.